The summed E-state index contributed by atoms with van der Waals surface area (Å²) in [4.78, 5) is -0.396. The van der Waals surface area contributed by atoms with Gasteiger partial charge in [-0.15, -0.1) is 0 Å². The third kappa shape index (κ3) is 5.09. The number of hydrogen-bond acceptors (Lipinski definition) is 4. The predicted molar refractivity (Wildman–Crippen MR) is 98.8 cm³/mol. The lowest BCUT2D eigenvalue weighted by Crippen LogP contribution is -2.23. The van der Waals surface area contributed by atoms with Crippen molar-refractivity contribution in [2.45, 2.75) is 23.8 Å². The Morgan fingerprint density at radius 1 is 0.969 bits per heavy atom. The zero-order valence-corrected chi connectivity index (χ0v) is 16.6. The molecule has 0 bridgehead atoms. The van der Waals surface area contributed by atoms with Crippen LogP contribution in [0.3, 0.4) is 0 Å². The lowest BCUT2D eigenvalue weighted by Gasteiger charge is -2.11. The van der Waals surface area contributed by atoms with Crippen molar-refractivity contribution >= 4 is 10.0 Å². The van der Waals surface area contributed by atoms with E-state index >= 15 is 0 Å². The molecule has 0 fully saturated rings. The maximum Gasteiger partial charge on any atom is 0.417 e. The van der Waals surface area contributed by atoms with Crippen LogP contribution in [0.15, 0.2) is 59.6 Å². The minimum absolute atomic E-state index is 0.00632. The fourth-order valence-corrected chi connectivity index (χ4v) is 3.68. The molecule has 3 aromatic rings. The van der Waals surface area contributed by atoms with Crippen molar-refractivity contribution in [1.82, 2.24) is 14.5 Å². The van der Waals surface area contributed by atoms with Crippen LogP contribution in [0.5, 0.6) is 0 Å². The summed E-state index contributed by atoms with van der Waals surface area (Å²) in [6.45, 7) is -0.362. The van der Waals surface area contributed by atoms with Crippen LogP contribution in [0.25, 0.3) is 5.69 Å². The highest BCUT2D eigenvalue weighted by Gasteiger charge is 2.34. The van der Waals surface area contributed by atoms with Gasteiger partial charge in [-0.05, 0) is 48.5 Å². The molecule has 3 rings (SSSR count). The van der Waals surface area contributed by atoms with Crippen molar-refractivity contribution in [1.29, 1.82) is 5.26 Å². The molecule has 0 aliphatic carbocycles. The lowest BCUT2D eigenvalue weighted by atomic mass is 10.1. The molecule has 1 N–H and O–H groups in total. The molecule has 6 nitrogen and oxygen atoms in total. The van der Waals surface area contributed by atoms with E-state index in [1.807, 2.05) is 0 Å². The molecule has 13 heteroatoms. The lowest BCUT2D eigenvalue weighted by molar-refractivity contribution is -0.138. The number of alkyl halides is 6. The number of nitrogens with zero attached hydrogens (tertiary/aromatic N) is 3. The largest absolute Gasteiger partial charge is 0.417 e. The van der Waals surface area contributed by atoms with Gasteiger partial charge in [-0.3, -0.25) is 0 Å². The van der Waals surface area contributed by atoms with E-state index in [0.717, 1.165) is 28.9 Å². The number of halogens is 6. The maximum atomic E-state index is 13.1. The molecule has 0 amide bonds. The minimum atomic E-state index is -4.76. The summed E-state index contributed by atoms with van der Waals surface area (Å²) in [5.41, 5.74) is -2.57. The van der Waals surface area contributed by atoms with Gasteiger partial charge < -0.3 is 0 Å². The van der Waals surface area contributed by atoms with Crippen LogP contribution in [-0.2, 0) is 28.9 Å². The van der Waals surface area contributed by atoms with Gasteiger partial charge in [0.1, 0.15) is 0 Å². The topological polar surface area (TPSA) is 87.8 Å². The monoisotopic (exact) mass is 474 g/mol. The van der Waals surface area contributed by atoms with Gasteiger partial charge >= 0.3 is 12.4 Å². The zero-order chi connectivity index (χ0) is 23.7. The SMILES string of the molecule is N#Cc1ccc(-n2ccc(CNS(=O)(=O)c3ccc(C(F)(F)F)cc3)n2)cc1C(F)(F)F. The Morgan fingerprint density at radius 3 is 2.19 bits per heavy atom. The predicted octanol–water partition coefficient (Wildman–Crippen LogP) is 4.26. The third-order valence-corrected chi connectivity index (χ3v) is 5.69. The average Bonchev–Trinajstić information content (AvgIpc) is 3.20. The number of sulfonamides is 1. The molecule has 0 saturated heterocycles. The number of nitrogens with one attached hydrogen (secondary N) is 1. The molecule has 0 atom stereocenters. The van der Waals surface area contributed by atoms with Crippen LogP contribution in [-0.4, -0.2) is 18.2 Å². The second-order valence-electron chi connectivity index (χ2n) is 6.44. The number of aromatic nitrogens is 2. The standard InChI is InChI=1S/C19H12F6N4O2S/c20-18(21,22)13-2-5-16(6-3-13)32(30,31)27-11-14-7-8-29(28-14)15-4-1-12(10-26)17(9-15)19(23,24)25/h1-9,27H,11H2. The fraction of sp³-hybridized carbons (Fsp3) is 0.158. The van der Waals surface area contributed by atoms with E-state index < -0.39 is 44.0 Å². The molecule has 0 spiro atoms. The van der Waals surface area contributed by atoms with E-state index in [0.29, 0.717) is 12.1 Å². The van der Waals surface area contributed by atoms with Crippen molar-refractivity contribution < 1.29 is 34.8 Å². The van der Waals surface area contributed by atoms with Gasteiger partial charge in [0.2, 0.25) is 10.0 Å². The van der Waals surface area contributed by atoms with Gasteiger partial charge in [0.05, 0.1) is 45.6 Å². The van der Waals surface area contributed by atoms with Gasteiger partial charge in [0, 0.05) is 6.20 Å². The Balaban J connectivity index is 1.77. The summed E-state index contributed by atoms with van der Waals surface area (Å²) in [5.74, 6) is 0. The zero-order valence-electron chi connectivity index (χ0n) is 15.7. The van der Waals surface area contributed by atoms with Crippen LogP contribution in [0.2, 0.25) is 0 Å². The normalized spacial score (nSPS) is 12.5. The molecule has 0 aliphatic rings. The molecular formula is C19H12F6N4O2S. The first-order valence-corrected chi connectivity index (χ1v) is 10.1. The molecule has 0 unspecified atom stereocenters. The summed E-state index contributed by atoms with van der Waals surface area (Å²) >= 11 is 0. The first-order chi connectivity index (χ1) is 14.8. The Kier molecular flexibility index (Phi) is 6.03. The van der Waals surface area contributed by atoms with Crippen LogP contribution in [0, 0.1) is 11.3 Å². The highest BCUT2D eigenvalue weighted by atomic mass is 32.2. The summed E-state index contributed by atoms with van der Waals surface area (Å²) in [6.07, 6.45) is -8.07. The number of nitriles is 1. The van der Waals surface area contributed by atoms with E-state index in [4.69, 9.17) is 5.26 Å². The molecule has 1 heterocycles. The van der Waals surface area contributed by atoms with Crippen molar-refractivity contribution in [3.8, 4) is 11.8 Å². The average molecular weight is 474 g/mol. The van der Waals surface area contributed by atoms with Gasteiger partial charge in [-0.25, -0.2) is 17.8 Å². The Bertz CT molecular complexity index is 1270. The molecule has 32 heavy (non-hydrogen) atoms. The number of rotatable bonds is 5. The number of hydrogen-bond donors (Lipinski definition) is 1. The Labute approximate surface area is 177 Å². The van der Waals surface area contributed by atoms with E-state index in [9.17, 15) is 34.8 Å². The molecule has 0 saturated carbocycles. The van der Waals surface area contributed by atoms with Crippen molar-refractivity contribution in [3.63, 3.8) is 0 Å². The van der Waals surface area contributed by atoms with E-state index in [1.165, 1.54) is 24.4 Å². The second kappa shape index (κ2) is 8.29. The van der Waals surface area contributed by atoms with E-state index in [2.05, 4.69) is 9.82 Å². The summed E-state index contributed by atoms with van der Waals surface area (Å²) < 4.78 is 105. The van der Waals surface area contributed by atoms with Gasteiger partial charge in [-0.2, -0.15) is 36.7 Å². The van der Waals surface area contributed by atoms with Gasteiger partial charge in [0.15, 0.2) is 0 Å². The first-order valence-electron chi connectivity index (χ1n) is 8.64. The first kappa shape index (κ1) is 23.3. The van der Waals surface area contributed by atoms with Gasteiger partial charge in [-0.1, -0.05) is 0 Å². The molecular weight excluding hydrogens is 462 g/mol. The van der Waals surface area contributed by atoms with Crippen LogP contribution in [0.4, 0.5) is 26.3 Å². The van der Waals surface area contributed by atoms with Crippen LogP contribution >= 0.6 is 0 Å². The highest BCUT2D eigenvalue weighted by molar-refractivity contribution is 7.89. The minimum Gasteiger partial charge on any atom is -0.241 e. The molecule has 1 aromatic heterocycles. The smallest absolute Gasteiger partial charge is 0.241 e. The summed E-state index contributed by atoms with van der Waals surface area (Å²) in [6, 6.07) is 8.66. The third-order valence-electron chi connectivity index (χ3n) is 4.27. The summed E-state index contributed by atoms with van der Waals surface area (Å²) in [5, 5.41) is 12.8. The summed E-state index contributed by atoms with van der Waals surface area (Å²) in [7, 11) is -4.16. The van der Waals surface area contributed by atoms with Gasteiger partial charge in [0.25, 0.3) is 0 Å². The molecule has 0 aliphatic heterocycles. The fourth-order valence-electron chi connectivity index (χ4n) is 2.68. The van der Waals surface area contributed by atoms with Crippen molar-refractivity contribution in [2.75, 3.05) is 0 Å². The maximum absolute atomic E-state index is 13.1. The second-order valence-corrected chi connectivity index (χ2v) is 8.20. The van der Waals surface area contributed by atoms with E-state index in [1.54, 1.807) is 0 Å². The quantitative estimate of drug-likeness (QED) is 0.560. The van der Waals surface area contributed by atoms with Crippen molar-refractivity contribution in [3.05, 3.63) is 77.1 Å². The molecule has 2 aromatic carbocycles. The molecule has 168 valence electrons. The van der Waals surface area contributed by atoms with E-state index in [-0.39, 0.29) is 17.9 Å². The molecule has 0 radical (unpaired) electrons. The Hall–Kier alpha value is -3.37. The Morgan fingerprint density at radius 2 is 1.62 bits per heavy atom. The van der Waals surface area contributed by atoms with Crippen LogP contribution in [0.1, 0.15) is 22.4 Å². The highest BCUT2D eigenvalue weighted by Crippen LogP contribution is 2.33. The number of benzene rings is 2. The van der Waals surface area contributed by atoms with Crippen LogP contribution < -0.4 is 4.72 Å². The van der Waals surface area contributed by atoms with Crippen molar-refractivity contribution in [2.24, 2.45) is 0 Å².